The SMILES string of the molecule is Cn1nc(C(F)(F)F)cc1-c1ccc2c(=O)[nH]nc(CN)c2c1. The second kappa shape index (κ2) is 5.20. The Morgan fingerprint density at radius 2 is 2.00 bits per heavy atom. The Kier molecular flexibility index (Phi) is 3.44. The highest BCUT2D eigenvalue weighted by molar-refractivity contribution is 5.87. The first kappa shape index (κ1) is 15.2. The molecule has 0 spiro atoms. The minimum absolute atomic E-state index is 0.0932. The number of fused-ring (bicyclic) bond motifs is 1. The average Bonchev–Trinajstić information content (AvgIpc) is 2.89. The van der Waals surface area contributed by atoms with E-state index in [1.54, 1.807) is 12.1 Å². The van der Waals surface area contributed by atoms with E-state index in [4.69, 9.17) is 5.73 Å². The number of hydrogen-bond acceptors (Lipinski definition) is 4. The van der Waals surface area contributed by atoms with E-state index in [0.717, 1.165) is 10.7 Å². The van der Waals surface area contributed by atoms with Gasteiger partial charge in [0.1, 0.15) is 0 Å². The van der Waals surface area contributed by atoms with Gasteiger partial charge in [-0.3, -0.25) is 9.48 Å². The molecule has 0 saturated carbocycles. The molecule has 2 aromatic heterocycles. The Bertz CT molecular complexity index is 942. The van der Waals surface area contributed by atoms with Gasteiger partial charge in [0.15, 0.2) is 5.69 Å². The van der Waals surface area contributed by atoms with Gasteiger partial charge in [0.2, 0.25) is 0 Å². The first-order valence-corrected chi connectivity index (χ1v) is 6.64. The minimum atomic E-state index is -4.52. The zero-order chi connectivity index (χ0) is 16.8. The van der Waals surface area contributed by atoms with Gasteiger partial charge in [-0.05, 0) is 18.2 Å². The summed E-state index contributed by atoms with van der Waals surface area (Å²) in [6.07, 6.45) is -4.52. The van der Waals surface area contributed by atoms with Crippen LogP contribution in [0, 0.1) is 0 Å². The van der Waals surface area contributed by atoms with Crippen LogP contribution in [0.15, 0.2) is 29.1 Å². The highest BCUT2D eigenvalue weighted by atomic mass is 19.4. The number of H-pyrrole nitrogens is 1. The van der Waals surface area contributed by atoms with Crippen molar-refractivity contribution in [3.63, 3.8) is 0 Å². The van der Waals surface area contributed by atoms with Crippen LogP contribution in [0.2, 0.25) is 0 Å². The molecule has 9 heteroatoms. The van der Waals surface area contributed by atoms with Crippen molar-refractivity contribution in [2.24, 2.45) is 12.8 Å². The van der Waals surface area contributed by atoms with Gasteiger partial charge in [-0.1, -0.05) is 6.07 Å². The van der Waals surface area contributed by atoms with Crippen molar-refractivity contribution in [3.8, 4) is 11.3 Å². The summed E-state index contributed by atoms with van der Waals surface area (Å²) in [4.78, 5) is 11.8. The molecule has 3 rings (SSSR count). The molecule has 6 nitrogen and oxygen atoms in total. The van der Waals surface area contributed by atoms with Crippen LogP contribution >= 0.6 is 0 Å². The number of nitrogens with one attached hydrogen (secondary N) is 1. The molecule has 0 amide bonds. The van der Waals surface area contributed by atoms with E-state index in [9.17, 15) is 18.0 Å². The summed E-state index contributed by atoms with van der Waals surface area (Å²) in [5.74, 6) is 0. The number of aromatic amines is 1. The zero-order valence-corrected chi connectivity index (χ0v) is 12.0. The molecular weight excluding hydrogens is 311 g/mol. The van der Waals surface area contributed by atoms with E-state index in [2.05, 4.69) is 15.3 Å². The van der Waals surface area contributed by atoms with Crippen LogP contribution in [0.4, 0.5) is 13.2 Å². The van der Waals surface area contributed by atoms with E-state index in [0.29, 0.717) is 22.0 Å². The van der Waals surface area contributed by atoms with Crippen LogP contribution in [0.25, 0.3) is 22.0 Å². The van der Waals surface area contributed by atoms with Gasteiger partial charge in [0.25, 0.3) is 5.56 Å². The van der Waals surface area contributed by atoms with Gasteiger partial charge in [-0.25, -0.2) is 5.10 Å². The summed E-state index contributed by atoms with van der Waals surface area (Å²) in [5, 5.41) is 10.6. The molecule has 1 aromatic carbocycles. The molecule has 0 atom stereocenters. The van der Waals surface area contributed by atoms with E-state index < -0.39 is 11.9 Å². The topological polar surface area (TPSA) is 89.6 Å². The number of hydrogen-bond donors (Lipinski definition) is 2. The maximum absolute atomic E-state index is 12.8. The summed E-state index contributed by atoms with van der Waals surface area (Å²) >= 11 is 0. The van der Waals surface area contributed by atoms with Crippen molar-refractivity contribution in [1.82, 2.24) is 20.0 Å². The summed E-state index contributed by atoms with van der Waals surface area (Å²) in [7, 11) is 1.43. The fraction of sp³-hybridized carbons (Fsp3) is 0.214. The van der Waals surface area contributed by atoms with E-state index in [-0.39, 0.29) is 17.8 Å². The Morgan fingerprint density at radius 3 is 2.61 bits per heavy atom. The van der Waals surface area contributed by atoms with Crippen molar-refractivity contribution >= 4 is 10.8 Å². The quantitative estimate of drug-likeness (QED) is 0.752. The van der Waals surface area contributed by atoms with Gasteiger partial charge in [-0.2, -0.15) is 23.4 Å². The number of alkyl halides is 3. The summed E-state index contributed by atoms with van der Waals surface area (Å²) in [5.41, 5.74) is 5.47. The number of nitrogens with zero attached hydrogens (tertiary/aromatic N) is 3. The molecule has 3 aromatic rings. The van der Waals surface area contributed by atoms with Crippen LogP contribution in [-0.2, 0) is 19.8 Å². The lowest BCUT2D eigenvalue weighted by Gasteiger charge is -2.06. The van der Waals surface area contributed by atoms with Gasteiger partial charge in [0.05, 0.1) is 16.8 Å². The molecule has 0 fully saturated rings. The number of benzene rings is 1. The van der Waals surface area contributed by atoms with E-state index >= 15 is 0 Å². The molecule has 0 saturated heterocycles. The molecule has 0 unspecified atom stereocenters. The molecule has 0 aliphatic heterocycles. The Labute approximate surface area is 127 Å². The van der Waals surface area contributed by atoms with Crippen LogP contribution in [0.3, 0.4) is 0 Å². The van der Waals surface area contributed by atoms with Gasteiger partial charge >= 0.3 is 6.18 Å². The lowest BCUT2D eigenvalue weighted by molar-refractivity contribution is -0.141. The highest BCUT2D eigenvalue weighted by Gasteiger charge is 2.34. The number of rotatable bonds is 2. The minimum Gasteiger partial charge on any atom is -0.325 e. The summed E-state index contributed by atoms with van der Waals surface area (Å²) in [6.45, 7) is 0.0932. The predicted molar refractivity (Wildman–Crippen MR) is 77.5 cm³/mol. The van der Waals surface area contributed by atoms with E-state index in [1.807, 2.05) is 0 Å². The number of aryl methyl sites for hydroxylation is 1. The average molecular weight is 323 g/mol. The summed E-state index contributed by atoms with van der Waals surface area (Å²) in [6, 6.07) is 5.65. The third-order valence-corrected chi connectivity index (χ3v) is 3.53. The van der Waals surface area contributed by atoms with Crippen LogP contribution in [0.5, 0.6) is 0 Å². The maximum atomic E-state index is 12.8. The lowest BCUT2D eigenvalue weighted by atomic mass is 10.0. The Morgan fingerprint density at radius 1 is 1.26 bits per heavy atom. The number of nitrogens with two attached hydrogens (primary N) is 1. The van der Waals surface area contributed by atoms with Gasteiger partial charge < -0.3 is 5.73 Å². The Balaban J connectivity index is 2.22. The smallest absolute Gasteiger partial charge is 0.325 e. The second-order valence-corrected chi connectivity index (χ2v) is 5.00. The molecule has 120 valence electrons. The van der Waals surface area contributed by atoms with Gasteiger partial charge in [-0.15, -0.1) is 0 Å². The van der Waals surface area contributed by atoms with Crippen molar-refractivity contribution < 1.29 is 13.2 Å². The van der Waals surface area contributed by atoms with E-state index in [1.165, 1.54) is 13.1 Å². The molecule has 0 bridgehead atoms. The number of halogens is 3. The zero-order valence-electron chi connectivity index (χ0n) is 12.0. The largest absolute Gasteiger partial charge is 0.435 e. The monoisotopic (exact) mass is 323 g/mol. The van der Waals surface area contributed by atoms with Crippen LogP contribution in [0.1, 0.15) is 11.4 Å². The lowest BCUT2D eigenvalue weighted by Crippen LogP contribution is -2.13. The maximum Gasteiger partial charge on any atom is 0.435 e. The predicted octanol–water partition coefficient (Wildman–Crippen LogP) is 1.80. The first-order valence-electron chi connectivity index (χ1n) is 6.64. The highest BCUT2D eigenvalue weighted by Crippen LogP contribution is 2.32. The third-order valence-electron chi connectivity index (χ3n) is 3.53. The Hall–Kier alpha value is -2.68. The van der Waals surface area contributed by atoms with Crippen molar-refractivity contribution in [1.29, 1.82) is 0 Å². The van der Waals surface area contributed by atoms with Crippen molar-refractivity contribution in [2.75, 3.05) is 0 Å². The van der Waals surface area contributed by atoms with Crippen LogP contribution in [-0.4, -0.2) is 20.0 Å². The fourth-order valence-electron chi connectivity index (χ4n) is 2.41. The fourth-order valence-corrected chi connectivity index (χ4v) is 2.41. The molecule has 23 heavy (non-hydrogen) atoms. The van der Waals surface area contributed by atoms with Crippen LogP contribution < -0.4 is 11.3 Å². The molecule has 0 radical (unpaired) electrons. The normalized spacial score (nSPS) is 12.0. The third kappa shape index (κ3) is 2.59. The first-order chi connectivity index (χ1) is 10.8. The van der Waals surface area contributed by atoms with Gasteiger partial charge in [0, 0.05) is 24.5 Å². The van der Waals surface area contributed by atoms with Crippen molar-refractivity contribution in [2.45, 2.75) is 12.7 Å². The van der Waals surface area contributed by atoms with Crippen molar-refractivity contribution in [3.05, 3.63) is 46.0 Å². The summed E-state index contributed by atoms with van der Waals surface area (Å²) < 4.78 is 39.5. The molecule has 0 aliphatic rings. The molecule has 3 N–H and O–H groups in total. The second-order valence-electron chi connectivity index (χ2n) is 5.00. The molecule has 0 aliphatic carbocycles. The molecule has 2 heterocycles. The standard InChI is InChI=1S/C14H12F3N5O/c1-22-11(5-12(21-22)14(15,16)17)7-2-3-8-9(4-7)10(6-18)19-20-13(8)23/h2-5H,6,18H2,1H3,(H,20,23). The number of aromatic nitrogens is 4. The molecular formula is C14H12F3N5O.